The van der Waals surface area contributed by atoms with Crippen LogP contribution in [0.3, 0.4) is 0 Å². The molecule has 1 N–H and O–H groups in total. The van der Waals surface area contributed by atoms with Crippen molar-refractivity contribution in [2.75, 3.05) is 13.7 Å². The van der Waals surface area contributed by atoms with Gasteiger partial charge >= 0.3 is 5.97 Å². The summed E-state index contributed by atoms with van der Waals surface area (Å²) < 4.78 is 6.12. The van der Waals surface area contributed by atoms with Gasteiger partial charge in [0.2, 0.25) is 0 Å². The molecule has 2 aliphatic carbocycles. The van der Waals surface area contributed by atoms with Crippen molar-refractivity contribution < 1.29 is 14.6 Å². The Morgan fingerprint density at radius 2 is 2.17 bits per heavy atom. The van der Waals surface area contributed by atoms with E-state index in [9.17, 15) is 9.90 Å². The van der Waals surface area contributed by atoms with Crippen LogP contribution < -0.4 is 0 Å². The van der Waals surface area contributed by atoms with E-state index in [1.165, 1.54) is 40.2 Å². The van der Waals surface area contributed by atoms with Crippen LogP contribution in [0.4, 0.5) is 0 Å². The van der Waals surface area contributed by atoms with Gasteiger partial charge in [-0.05, 0) is 76.9 Å². The van der Waals surface area contributed by atoms with E-state index in [0.717, 1.165) is 10.9 Å². The molecule has 1 atom stereocenters. The standard InChI is InChI=1S/C18H18INO3.ClH/c1-23-17(22)18(9-21)6-11-4-12-8-20-15(10-2-3-10)5-13(12)16(19)14(11)7-18;/h4-5,8,10,21H,2-3,6-7,9H2,1H3;1H. The number of methoxy groups -OCH3 is 1. The molecule has 1 unspecified atom stereocenters. The Morgan fingerprint density at radius 3 is 2.79 bits per heavy atom. The number of ether oxygens (including phenoxy) is 1. The SMILES string of the molecule is COC(=O)C1(CO)Cc2cc3cnc(C4CC4)cc3c(I)c2C1.Cl. The van der Waals surface area contributed by atoms with E-state index >= 15 is 0 Å². The Kier molecular flexibility index (Phi) is 4.79. The predicted octanol–water partition coefficient (Wildman–Crippen LogP) is 3.39. The molecule has 0 aliphatic heterocycles. The fourth-order valence-electron chi connectivity index (χ4n) is 3.62. The summed E-state index contributed by atoms with van der Waals surface area (Å²) in [5.74, 6) is 0.294. The second-order valence-electron chi connectivity index (χ2n) is 6.72. The van der Waals surface area contributed by atoms with Crippen molar-refractivity contribution in [3.8, 4) is 0 Å². The normalized spacial score (nSPS) is 22.1. The Bertz CT molecular complexity index is 822. The molecule has 0 spiro atoms. The van der Waals surface area contributed by atoms with Gasteiger partial charge in [-0.15, -0.1) is 12.4 Å². The summed E-state index contributed by atoms with van der Waals surface area (Å²) in [5, 5.41) is 12.1. The number of nitrogens with zero attached hydrogens (tertiary/aromatic N) is 1. The second kappa shape index (κ2) is 6.42. The van der Waals surface area contributed by atoms with E-state index in [1.54, 1.807) is 0 Å². The van der Waals surface area contributed by atoms with Crippen LogP contribution in [0.15, 0.2) is 18.3 Å². The molecule has 1 aromatic heterocycles. The number of pyridine rings is 1. The highest BCUT2D eigenvalue weighted by Gasteiger charge is 2.45. The van der Waals surface area contributed by atoms with Crippen LogP contribution in [0.5, 0.6) is 0 Å². The molecule has 2 aliphatic rings. The average Bonchev–Trinajstić information content (AvgIpc) is 3.35. The van der Waals surface area contributed by atoms with E-state index in [0.29, 0.717) is 18.8 Å². The molecular weight excluding hydrogens is 441 g/mol. The number of benzene rings is 1. The molecule has 0 radical (unpaired) electrons. The van der Waals surface area contributed by atoms with Crippen LogP contribution in [0.25, 0.3) is 10.8 Å². The van der Waals surface area contributed by atoms with Crippen LogP contribution in [0.2, 0.25) is 0 Å². The lowest BCUT2D eigenvalue weighted by atomic mass is 9.86. The summed E-state index contributed by atoms with van der Waals surface area (Å²) in [4.78, 5) is 16.8. The molecule has 128 valence electrons. The first-order valence-corrected chi connectivity index (χ1v) is 8.95. The lowest BCUT2D eigenvalue weighted by Crippen LogP contribution is -2.36. The minimum absolute atomic E-state index is 0. The Balaban J connectivity index is 0.00000169. The van der Waals surface area contributed by atoms with Gasteiger partial charge in [0, 0.05) is 26.8 Å². The zero-order chi connectivity index (χ0) is 16.2. The zero-order valence-electron chi connectivity index (χ0n) is 13.3. The van der Waals surface area contributed by atoms with Crippen molar-refractivity contribution >= 4 is 51.7 Å². The van der Waals surface area contributed by atoms with Crippen LogP contribution in [0, 0.1) is 8.99 Å². The van der Waals surface area contributed by atoms with Crippen molar-refractivity contribution in [1.82, 2.24) is 4.98 Å². The van der Waals surface area contributed by atoms with E-state index < -0.39 is 5.41 Å². The number of halogens is 2. The van der Waals surface area contributed by atoms with Crippen LogP contribution in [0.1, 0.15) is 35.6 Å². The monoisotopic (exact) mass is 459 g/mol. The summed E-state index contributed by atoms with van der Waals surface area (Å²) in [7, 11) is 1.38. The molecule has 1 fully saturated rings. The molecule has 4 rings (SSSR count). The van der Waals surface area contributed by atoms with Gasteiger partial charge in [-0.2, -0.15) is 0 Å². The smallest absolute Gasteiger partial charge is 0.314 e. The van der Waals surface area contributed by atoms with Gasteiger partial charge in [-0.3, -0.25) is 9.78 Å². The molecular formula is C18H19ClINO3. The number of esters is 1. The topological polar surface area (TPSA) is 59.4 Å². The Morgan fingerprint density at radius 1 is 1.42 bits per heavy atom. The summed E-state index contributed by atoms with van der Waals surface area (Å²) in [5.41, 5.74) is 2.64. The molecule has 4 nitrogen and oxygen atoms in total. The summed E-state index contributed by atoms with van der Waals surface area (Å²) >= 11 is 2.37. The fourth-order valence-corrected chi connectivity index (χ4v) is 4.62. The molecule has 2 aromatic rings. The number of carbonyl (C=O) groups excluding carboxylic acids is 1. The number of rotatable bonds is 3. The molecule has 0 amide bonds. The van der Waals surface area contributed by atoms with Crippen molar-refractivity contribution in [1.29, 1.82) is 0 Å². The Labute approximate surface area is 160 Å². The minimum Gasteiger partial charge on any atom is -0.469 e. The number of aliphatic hydroxyl groups excluding tert-OH is 1. The second-order valence-corrected chi connectivity index (χ2v) is 7.80. The number of carbonyl (C=O) groups is 1. The molecule has 24 heavy (non-hydrogen) atoms. The Hall–Kier alpha value is -0.920. The fraction of sp³-hybridized carbons (Fsp3) is 0.444. The van der Waals surface area contributed by atoms with Crippen molar-refractivity contribution in [3.05, 3.63) is 38.7 Å². The van der Waals surface area contributed by atoms with E-state index in [-0.39, 0.29) is 25.0 Å². The maximum atomic E-state index is 12.2. The largest absolute Gasteiger partial charge is 0.469 e. The van der Waals surface area contributed by atoms with Gasteiger partial charge in [-0.25, -0.2) is 0 Å². The van der Waals surface area contributed by atoms with Gasteiger partial charge in [0.05, 0.1) is 19.1 Å². The summed E-state index contributed by atoms with van der Waals surface area (Å²) in [6, 6.07) is 4.32. The number of aromatic nitrogens is 1. The maximum Gasteiger partial charge on any atom is 0.314 e. The number of hydrogen-bond donors (Lipinski definition) is 1. The quantitative estimate of drug-likeness (QED) is 0.565. The minimum atomic E-state index is -0.832. The first-order chi connectivity index (χ1) is 11.1. The first-order valence-electron chi connectivity index (χ1n) is 7.87. The molecule has 0 bridgehead atoms. The van der Waals surface area contributed by atoms with Crippen molar-refractivity contribution in [3.63, 3.8) is 0 Å². The van der Waals surface area contributed by atoms with Gasteiger partial charge in [-0.1, -0.05) is 0 Å². The predicted molar refractivity (Wildman–Crippen MR) is 103 cm³/mol. The van der Waals surface area contributed by atoms with Gasteiger partial charge in [0.1, 0.15) is 0 Å². The van der Waals surface area contributed by atoms with E-state index in [2.05, 4.69) is 39.7 Å². The summed E-state index contributed by atoms with van der Waals surface area (Å²) in [6.45, 7) is -0.188. The van der Waals surface area contributed by atoms with Gasteiger partial charge in [0.15, 0.2) is 0 Å². The average molecular weight is 460 g/mol. The van der Waals surface area contributed by atoms with E-state index in [1.807, 2.05) is 6.20 Å². The molecule has 1 saturated carbocycles. The third-order valence-corrected chi connectivity index (χ3v) is 6.37. The van der Waals surface area contributed by atoms with Crippen molar-refractivity contribution in [2.45, 2.75) is 31.6 Å². The summed E-state index contributed by atoms with van der Waals surface area (Å²) in [6.07, 6.45) is 5.48. The van der Waals surface area contributed by atoms with Crippen LogP contribution in [-0.2, 0) is 22.4 Å². The number of fused-ring (bicyclic) bond motifs is 2. The third kappa shape index (κ3) is 2.70. The lowest BCUT2D eigenvalue weighted by Gasteiger charge is -2.22. The van der Waals surface area contributed by atoms with E-state index in [4.69, 9.17) is 4.74 Å². The van der Waals surface area contributed by atoms with Gasteiger partial charge < -0.3 is 9.84 Å². The highest BCUT2D eigenvalue weighted by Crippen LogP contribution is 2.44. The molecule has 1 heterocycles. The molecule has 0 saturated heterocycles. The molecule has 1 aromatic carbocycles. The number of aliphatic hydroxyl groups is 1. The first kappa shape index (κ1) is 17.9. The maximum absolute atomic E-state index is 12.2. The highest BCUT2D eigenvalue weighted by atomic mass is 127. The third-order valence-electron chi connectivity index (χ3n) is 5.14. The number of hydrogen-bond acceptors (Lipinski definition) is 4. The van der Waals surface area contributed by atoms with Crippen LogP contribution in [-0.4, -0.2) is 29.8 Å². The van der Waals surface area contributed by atoms with Crippen LogP contribution >= 0.6 is 35.0 Å². The van der Waals surface area contributed by atoms with Gasteiger partial charge in [0.25, 0.3) is 0 Å². The molecule has 6 heteroatoms. The highest BCUT2D eigenvalue weighted by molar-refractivity contribution is 14.1. The lowest BCUT2D eigenvalue weighted by molar-refractivity contribution is -0.154. The zero-order valence-corrected chi connectivity index (χ0v) is 16.3. The van der Waals surface area contributed by atoms with Crippen molar-refractivity contribution in [2.24, 2.45) is 5.41 Å².